The molecule has 1 fully saturated rings. The molecule has 2 rings (SSSR count). The van der Waals surface area contributed by atoms with Gasteiger partial charge >= 0.3 is 0 Å². The molecule has 7 nitrogen and oxygen atoms in total. The molecule has 3 N–H and O–H groups in total. The van der Waals surface area contributed by atoms with Crippen LogP contribution in [-0.4, -0.2) is 48.8 Å². The Balaban J connectivity index is 2.29. The lowest BCUT2D eigenvalue weighted by atomic mass is 10.2. The first kappa shape index (κ1) is 13.7. The van der Waals surface area contributed by atoms with Crippen molar-refractivity contribution in [2.45, 2.75) is 19.4 Å². The van der Waals surface area contributed by atoms with E-state index in [9.17, 15) is 8.42 Å². The summed E-state index contributed by atoms with van der Waals surface area (Å²) in [5.74, 6) is 0.607. The van der Waals surface area contributed by atoms with Gasteiger partial charge in [0.1, 0.15) is 11.5 Å². The van der Waals surface area contributed by atoms with E-state index in [1.54, 1.807) is 24.9 Å². The minimum Gasteiger partial charge on any atom is -0.382 e. The number of aryl methyl sites for hydroxylation is 1. The van der Waals surface area contributed by atoms with Crippen molar-refractivity contribution in [3.63, 3.8) is 0 Å². The number of nitrogens with one attached hydrogen (secondary N) is 1. The molecule has 8 heteroatoms. The van der Waals surface area contributed by atoms with Gasteiger partial charge in [0.2, 0.25) is 5.95 Å². The number of hydrogen-bond acceptors (Lipinski definition) is 6. The molecule has 1 aliphatic rings. The van der Waals surface area contributed by atoms with Gasteiger partial charge in [-0.25, -0.2) is 18.4 Å². The fourth-order valence-electron chi connectivity index (χ4n) is 2.09. The molecule has 0 amide bonds. The van der Waals surface area contributed by atoms with Crippen LogP contribution in [0.4, 0.5) is 5.95 Å². The van der Waals surface area contributed by atoms with Crippen molar-refractivity contribution in [3.8, 4) is 0 Å². The van der Waals surface area contributed by atoms with E-state index in [-0.39, 0.29) is 23.4 Å². The fourth-order valence-corrected chi connectivity index (χ4v) is 3.87. The monoisotopic (exact) mass is 283 g/mol. The van der Waals surface area contributed by atoms with E-state index < -0.39 is 9.84 Å². The van der Waals surface area contributed by atoms with Gasteiger partial charge in [-0.05, 0) is 19.4 Å². The molecule has 1 saturated heterocycles. The summed E-state index contributed by atoms with van der Waals surface area (Å²) in [6.07, 6.45) is 0.575. The lowest BCUT2D eigenvalue weighted by molar-refractivity contribution is 0.600. The standard InChI is InChI=1S/C11H17N5O2S/c1-7-5-9(10(12)13)15-11(14-7)16(2)8-3-4-19(17,18)6-8/h5,8H,3-4,6H2,1-2H3,(H3,12,13). The SMILES string of the molecule is Cc1cc(C(=N)N)nc(N(C)C2CCS(=O)(=O)C2)n1. The summed E-state index contributed by atoms with van der Waals surface area (Å²) in [7, 11) is -1.18. The van der Waals surface area contributed by atoms with Gasteiger partial charge in [-0.2, -0.15) is 0 Å². The number of nitrogens with zero attached hydrogens (tertiary/aromatic N) is 3. The second kappa shape index (κ2) is 4.76. The average Bonchev–Trinajstić information content (AvgIpc) is 2.68. The van der Waals surface area contributed by atoms with Crippen LogP contribution in [0.1, 0.15) is 17.8 Å². The number of amidine groups is 1. The summed E-state index contributed by atoms with van der Waals surface area (Å²) in [5, 5.41) is 7.42. The predicted molar refractivity (Wildman–Crippen MR) is 73.2 cm³/mol. The zero-order chi connectivity index (χ0) is 14.2. The largest absolute Gasteiger partial charge is 0.382 e. The smallest absolute Gasteiger partial charge is 0.226 e. The zero-order valence-corrected chi connectivity index (χ0v) is 11.7. The third-order valence-corrected chi connectivity index (χ3v) is 4.94. The summed E-state index contributed by atoms with van der Waals surface area (Å²) >= 11 is 0. The first-order chi connectivity index (χ1) is 8.78. The van der Waals surface area contributed by atoms with Crippen LogP contribution in [0, 0.1) is 12.3 Å². The topological polar surface area (TPSA) is 113 Å². The van der Waals surface area contributed by atoms with Crippen LogP contribution in [0.3, 0.4) is 0 Å². The predicted octanol–water partition coefficient (Wildman–Crippen LogP) is -0.308. The number of sulfone groups is 1. The lowest BCUT2D eigenvalue weighted by Crippen LogP contribution is -2.34. The first-order valence-corrected chi connectivity index (χ1v) is 7.74. The molecule has 0 radical (unpaired) electrons. The molecule has 104 valence electrons. The van der Waals surface area contributed by atoms with Crippen molar-refractivity contribution in [1.82, 2.24) is 9.97 Å². The molecule has 0 aliphatic carbocycles. The van der Waals surface area contributed by atoms with Crippen molar-refractivity contribution >= 4 is 21.6 Å². The number of rotatable bonds is 3. The Morgan fingerprint density at radius 1 is 1.53 bits per heavy atom. The minimum absolute atomic E-state index is 0.119. The van der Waals surface area contributed by atoms with E-state index >= 15 is 0 Å². The van der Waals surface area contributed by atoms with E-state index in [1.165, 1.54) is 0 Å². The minimum atomic E-state index is -2.95. The number of nitrogen functional groups attached to an aromatic ring is 1. The van der Waals surface area contributed by atoms with Crippen LogP contribution in [0.5, 0.6) is 0 Å². The number of anilines is 1. The molecule has 1 unspecified atom stereocenters. The maximum absolute atomic E-state index is 11.5. The second-order valence-electron chi connectivity index (χ2n) is 4.78. The molecular formula is C11H17N5O2S. The average molecular weight is 283 g/mol. The zero-order valence-electron chi connectivity index (χ0n) is 10.9. The Morgan fingerprint density at radius 2 is 2.21 bits per heavy atom. The third-order valence-electron chi connectivity index (χ3n) is 3.19. The third kappa shape index (κ3) is 3.01. The van der Waals surface area contributed by atoms with Crippen LogP contribution < -0.4 is 10.6 Å². The second-order valence-corrected chi connectivity index (χ2v) is 7.00. The molecular weight excluding hydrogens is 266 g/mol. The summed E-state index contributed by atoms with van der Waals surface area (Å²) in [4.78, 5) is 10.2. The normalized spacial score (nSPS) is 21.3. The molecule has 0 spiro atoms. The number of hydrogen-bond donors (Lipinski definition) is 2. The van der Waals surface area contributed by atoms with Crippen LogP contribution in [0.25, 0.3) is 0 Å². The summed E-state index contributed by atoms with van der Waals surface area (Å²) in [6.45, 7) is 1.79. The highest BCUT2D eigenvalue weighted by Gasteiger charge is 2.31. The Kier molecular flexibility index (Phi) is 3.44. The molecule has 0 aromatic carbocycles. The fraction of sp³-hybridized carbons (Fsp3) is 0.545. The van der Waals surface area contributed by atoms with Crippen molar-refractivity contribution in [2.24, 2.45) is 5.73 Å². The molecule has 0 bridgehead atoms. The van der Waals surface area contributed by atoms with Crippen LogP contribution in [-0.2, 0) is 9.84 Å². The number of nitrogens with two attached hydrogens (primary N) is 1. The van der Waals surface area contributed by atoms with Gasteiger partial charge in [-0.15, -0.1) is 0 Å². The van der Waals surface area contributed by atoms with Gasteiger partial charge in [-0.3, -0.25) is 5.41 Å². The van der Waals surface area contributed by atoms with Crippen molar-refractivity contribution < 1.29 is 8.42 Å². The van der Waals surface area contributed by atoms with E-state index in [4.69, 9.17) is 11.1 Å². The molecule has 2 heterocycles. The highest BCUT2D eigenvalue weighted by atomic mass is 32.2. The van der Waals surface area contributed by atoms with Crippen molar-refractivity contribution in [3.05, 3.63) is 17.5 Å². The van der Waals surface area contributed by atoms with E-state index in [2.05, 4.69) is 9.97 Å². The van der Waals surface area contributed by atoms with Crippen LogP contribution in [0.2, 0.25) is 0 Å². The van der Waals surface area contributed by atoms with Gasteiger partial charge < -0.3 is 10.6 Å². The van der Waals surface area contributed by atoms with E-state index in [0.29, 0.717) is 23.8 Å². The van der Waals surface area contributed by atoms with E-state index in [1.807, 2.05) is 0 Å². The Hall–Kier alpha value is -1.70. The van der Waals surface area contributed by atoms with Crippen LogP contribution in [0.15, 0.2) is 6.07 Å². The van der Waals surface area contributed by atoms with Crippen molar-refractivity contribution in [1.29, 1.82) is 5.41 Å². The maximum Gasteiger partial charge on any atom is 0.226 e. The Morgan fingerprint density at radius 3 is 2.74 bits per heavy atom. The van der Waals surface area contributed by atoms with Crippen molar-refractivity contribution in [2.75, 3.05) is 23.5 Å². The van der Waals surface area contributed by atoms with Gasteiger partial charge in [0.05, 0.1) is 11.5 Å². The highest BCUT2D eigenvalue weighted by molar-refractivity contribution is 7.91. The van der Waals surface area contributed by atoms with Gasteiger partial charge in [0, 0.05) is 18.8 Å². The Bertz CT molecular complexity index is 614. The molecule has 19 heavy (non-hydrogen) atoms. The highest BCUT2D eigenvalue weighted by Crippen LogP contribution is 2.20. The lowest BCUT2D eigenvalue weighted by Gasteiger charge is -2.23. The van der Waals surface area contributed by atoms with Crippen LogP contribution >= 0.6 is 0 Å². The molecule has 1 aromatic rings. The molecule has 1 atom stereocenters. The van der Waals surface area contributed by atoms with E-state index in [0.717, 1.165) is 0 Å². The summed E-state index contributed by atoms with van der Waals surface area (Å²) in [5.41, 5.74) is 6.48. The molecule has 1 aromatic heterocycles. The molecule has 0 saturated carbocycles. The maximum atomic E-state index is 11.5. The first-order valence-electron chi connectivity index (χ1n) is 5.92. The Labute approximate surface area is 112 Å². The summed E-state index contributed by atoms with van der Waals surface area (Å²) in [6, 6.07) is 1.51. The van der Waals surface area contributed by atoms with Gasteiger partial charge in [0.25, 0.3) is 0 Å². The van der Waals surface area contributed by atoms with Gasteiger partial charge in [-0.1, -0.05) is 0 Å². The molecule has 1 aliphatic heterocycles. The van der Waals surface area contributed by atoms with Gasteiger partial charge in [0.15, 0.2) is 9.84 Å². The number of aromatic nitrogens is 2. The summed E-state index contributed by atoms with van der Waals surface area (Å²) < 4.78 is 23.0. The quantitative estimate of drug-likeness (QED) is 0.581.